The molecule has 132 valence electrons. The van der Waals surface area contributed by atoms with Crippen molar-refractivity contribution >= 4 is 5.91 Å². The zero-order chi connectivity index (χ0) is 17.0. The van der Waals surface area contributed by atoms with Gasteiger partial charge in [0.1, 0.15) is 0 Å². The number of benzene rings is 1. The smallest absolute Gasteiger partial charge is 0.251 e. The predicted molar refractivity (Wildman–Crippen MR) is 96.1 cm³/mol. The van der Waals surface area contributed by atoms with Crippen LogP contribution in [0.5, 0.6) is 0 Å². The highest BCUT2D eigenvalue weighted by Gasteiger charge is 2.32. The van der Waals surface area contributed by atoms with Crippen LogP contribution in [0.1, 0.15) is 60.9 Å². The Morgan fingerprint density at radius 1 is 1.17 bits per heavy atom. The zero-order valence-corrected chi connectivity index (χ0v) is 14.8. The van der Waals surface area contributed by atoms with E-state index in [1.807, 2.05) is 31.2 Å². The van der Waals surface area contributed by atoms with Gasteiger partial charge in [0.25, 0.3) is 5.91 Å². The highest BCUT2D eigenvalue weighted by Crippen LogP contribution is 2.29. The summed E-state index contributed by atoms with van der Waals surface area (Å²) in [6.07, 6.45) is 7.38. The van der Waals surface area contributed by atoms with Gasteiger partial charge in [-0.05, 0) is 44.7 Å². The van der Waals surface area contributed by atoms with Crippen molar-refractivity contribution in [3.8, 4) is 0 Å². The van der Waals surface area contributed by atoms with Crippen LogP contribution in [0, 0.1) is 6.92 Å². The molecule has 1 aliphatic heterocycles. The Bertz CT molecular complexity index is 541. The van der Waals surface area contributed by atoms with E-state index in [0.29, 0.717) is 0 Å². The van der Waals surface area contributed by atoms with E-state index in [4.69, 9.17) is 0 Å². The van der Waals surface area contributed by atoms with Crippen molar-refractivity contribution in [2.24, 2.45) is 0 Å². The molecule has 0 radical (unpaired) electrons. The summed E-state index contributed by atoms with van der Waals surface area (Å²) in [4.78, 5) is 14.7. The van der Waals surface area contributed by atoms with E-state index in [-0.39, 0.29) is 11.9 Å². The number of piperidine rings is 1. The Morgan fingerprint density at radius 3 is 2.42 bits per heavy atom. The van der Waals surface area contributed by atoms with Crippen LogP contribution in [-0.4, -0.2) is 47.2 Å². The van der Waals surface area contributed by atoms with Crippen molar-refractivity contribution in [3.63, 3.8) is 0 Å². The Morgan fingerprint density at radius 2 is 1.79 bits per heavy atom. The highest BCUT2D eigenvalue weighted by atomic mass is 16.3. The van der Waals surface area contributed by atoms with E-state index in [0.717, 1.165) is 63.7 Å². The third-order valence-electron chi connectivity index (χ3n) is 5.54. The van der Waals surface area contributed by atoms with Crippen molar-refractivity contribution in [3.05, 3.63) is 35.4 Å². The summed E-state index contributed by atoms with van der Waals surface area (Å²) < 4.78 is 0. The number of likely N-dealkylation sites (tertiary alicyclic amines) is 1. The molecule has 0 spiro atoms. The van der Waals surface area contributed by atoms with Gasteiger partial charge in [-0.15, -0.1) is 0 Å². The third kappa shape index (κ3) is 4.58. The molecule has 1 amide bonds. The molecule has 1 saturated carbocycles. The maximum absolute atomic E-state index is 12.3. The summed E-state index contributed by atoms with van der Waals surface area (Å²) in [5.41, 5.74) is 1.43. The lowest BCUT2D eigenvalue weighted by Gasteiger charge is -2.40. The van der Waals surface area contributed by atoms with Crippen LogP contribution in [0.2, 0.25) is 0 Å². The summed E-state index contributed by atoms with van der Waals surface area (Å²) >= 11 is 0. The largest absolute Gasteiger partial charge is 0.389 e. The maximum Gasteiger partial charge on any atom is 0.251 e. The molecular formula is C20H30N2O2. The molecule has 1 saturated heterocycles. The van der Waals surface area contributed by atoms with Gasteiger partial charge in [0.05, 0.1) is 5.60 Å². The lowest BCUT2D eigenvalue weighted by atomic mass is 9.84. The van der Waals surface area contributed by atoms with Crippen LogP contribution in [-0.2, 0) is 0 Å². The topological polar surface area (TPSA) is 52.6 Å². The minimum absolute atomic E-state index is 0.0272. The van der Waals surface area contributed by atoms with Crippen molar-refractivity contribution in [1.29, 1.82) is 0 Å². The molecule has 2 aliphatic rings. The molecule has 0 bridgehead atoms. The lowest BCUT2D eigenvalue weighted by molar-refractivity contribution is -0.0312. The van der Waals surface area contributed by atoms with E-state index < -0.39 is 5.60 Å². The molecule has 3 rings (SSSR count). The Labute approximate surface area is 145 Å². The lowest BCUT2D eigenvalue weighted by Crippen LogP contribution is -2.50. The van der Waals surface area contributed by atoms with Gasteiger partial charge in [0.15, 0.2) is 0 Å². The second-order valence-electron chi connectivity index (χ2n) is 7.67. The number of hydrogen-bond donors (Lipinski definition) is 2. The molecular weight excluding hydrogens is 300 g/mol. The zero-order valence-electron chi connectivity index (χ0n) is 14.8. The van der Waals surface area contributed by atoms with E-state index in [1.165, 1.54) is 12.0 Å². The van der Waals surface area contributed by atoms with E-state index in [9.17, 15) is 9.90 Å². The van der Waals surface area contributed by atoms with Crippen LogP contribution in [0.25, 0.3) is 0 Å². The van der Waals surface area contributed by atoms with Gasteiger partial charge in [-0.25, -0.2) is 0 Å². The fraction of sp³-hybridized carbons (Fsp3) is 0.650. The van der Waals surface area contributed by atoms with Crippen LogP contribution >= 0.6 is 0 Å². The molecule has 0 unspecified atom stereocenters. The van der Waals surface area contributed by atoms with Crippen molar-refractivity contribution in [2.45, 2.75) is 63.5 Å². The number of carbonyl (C=O) groups is 1. The number of nitrogens with one attached hydrogen (secondary N) is 1. The summed E-state index contributed by atoms with van der Waals surface area (Å²) in [5, 5.41) is 13.9. The third-order valence-corrected chi connectivity index (χ3v) is 5.54. The summed E-state index contributed by atoms with van der Waals surface area (Å²) in [7, 11) is 0. The van der Waals surface area contributed by atoms with Gasteiger partial charge in [-0.1, -0.05) is 37.0 Å². The van der Waals surface area contributed by atoms with Gasteiger partial charge in [0, 0.05) is 31.2 Å². The first-order valence-corrected chi connectivity index (χ1v) is 9.36. The fourth-order valence-electron chi connectivity index (χ4n) is 3.99. The Hall–Kier alpha value is -1.39. The molecule has 1 heterocycles. The highest BCUT2D eigenvalue weighted by molar-refractivity contribution is 5.94. The molecule has 1 aliphatic carbocycles. The van der Waals surface area contributed by atoms with Gasteiger partial charge in [0.2, 0.25) is 0 Å². The number of aliphatic hydroxyl groups is 1. The van der Waals surface area contributed by atoms with Crippen molar-refractivity contribution in [2.75, 3.05) is 19.6 Å². The quantitative estimate of drug-likeness (QED) is 0.892. The molecule has 2 N–H and O–H groups in total. The molecule has 2 fully saturated rings. The van der Waals surface area contributed by atoms with Gasteiger partial charge in [-0.3, -0.25) is 4.79 Å². The van der Waals surface area contributed by atoms with Crippen LogP contribution in [0.15, 0.2) is 24.3 Å². The number of amides is 1. The first-order chi connectivity index (χ1) is 11.5. The minimum atomic E-state index is -0.476. The average Bonchev–Trinajstić information content (AvgIpc) is 2.57. The predicted octanol–water partition coefficient (Wildman–Crippen LogP) is 2.88. The summed E-state index contributed by atoms with van der Waals surface area (Å²) in [6.45, 7) is 4.74. The number of nitrogens with zero attached hydrogens (tertiary/aromatic N) is 1. The average molecular weight is 330 g/mol. The number of rotatable bonds is 4. The second-order valence-corrected chi connectivity index (χ2v) is 7.67. The maximum atomic E-state index is 12.3. The molecule has 4 heteroatoms. The van der Waals surface area contributed by atoms with Gasteiger partial charge < -0.3 is 15.3 Å². The van der Waals surface area contributed by atoms with Crippen LogP contribution in [0.4, 0.5) is 0 Å². The van der Waals surface area contributed by atoms with Crippen LogP contribution in [0.3, 0.4) is 0 Å². The van der Waals surface area contributed by atoms with Gasteiger partial charge in [-0.2, -0.15) is 0 Å². The van der Waals surface area contributed by atoms with Gasteiger partial charge >= 0.3 is 0 Å². The Kier molecular flexibility index (Phi) is 5.57. The number of β-amino-alcohol motifs (C(OH)–C–C–N with tert-alkyl or cyclic N) is 1. The fourth-order valence-corrected chi connectivity index (χ4v) is 3.99. The molecule has 0 atom stereocenters. The van der Waals surface area contributed by atoms with Crippen LogP contribution < -0.4 is 5.32 Å². The SMILES string of the molecule is Cc1ccc(C(=O)NC2CCN(CC3(O)CCCCC3)CC2)cc1. The van der Waals surface area contributed by atoms with Crippen molar-refractivity contribution in [1.82, 2.24) is 10.2 Å². The van der Waals surface area contributed by atoms with E-state index in [2.05, 4.69) is 10.2 Å². The molecule has 24 heavy (non-hydrogen) atoms. The number of carbonyl (C=O) groups excluding carboxylic acids is 1. The summed E-state index contributed by atoms with van der Waals surface area (Å²) in [5.74, 6) is 0.0272. The molecule has 1 aromatic carbocycles. The molecule has 4 nitrogen and oxygen atoms in total. The first-order valence-electron chi connectivity index (χ1n) is 9.36. The number of aryl methyl sites for hydroxylation is 1. The Balaban J connectivity index is 1.45. The summed E-state index contributed by atoms with van der Waals surface area (Å²) in [6, 6.07) is 7.97. The number of hydrogen-bond acceptors (Lipinski definition) is 3. The normalized spacial score (nSPS) is 22.2. The van der Waals surface area contributed by atoms with Crippen molar-refractivity contribution < 1.29 is 9.90 Å². The second kappa shape index (κ2) is 7.66. The molecule has 1 aromatic rings. The molecule has 0 aromatic heterocycles. The van der Waals surface area contributed by atoms with E-state index in [1.54, 1.807) is 0 Å². The first kappa shape index (κ1) is 17.4. The van der Waals surface area contributed by atoms with E-state index >= 15 is 0 Å². The standard InChI is InChI=1S/C20H30N2O2/c1-16-5-7-17(8-6-16)19(23)21-18-9-13-22(14-10-18)15-20(24)11-3-2-4-12-20/h5-8,18,24H,2-4,9-15H2,1H3,(H,21,23). The monoisotopic (exact) mass is 330 g/mol. The minimum Gasteiger partial charge on any atom is -0.389 e.